The molecule has 3 aromatic carbocycles. The first-order valence-corrected chi connectivity index (χ1v) is 10.8. The molecule has 0 fully saturated rings. The van der Waals surface area contributed by atoms with Crippen LogP contribution in [-0.2, 0) is 6.42 Å². The molecule has 4 nitrogen and oxygen atoms in total. The Morgan fingerprint density at radius 3 is 2.34 bits per heavy atom. The highest BCUT2D eigenvalue weighted by atomic mass is 35.5. The summed E-state index contributed by atoms with van der Waals surface area (Å²) in [5.74, 6) is 2.17. The van der Waals surface area contributed by atoms with Gasteiger partial charge in [-0.25, -0.2) is 9.98 Å². The minimum absolute atomic E-state index is 0.669. The molecule has 2 aliphatic rings. The van der Waals surface area contributed by atoms with Crippen molar-refractivity contribution in [2.24, 2.45) is 9.98 Å². The summed E-state index contributed by atoms with van der Waals surface area (Å²) < 4.78 is 6.11. The number of fused-ring (bicyclic) bond motifs is 3. The number of hydrogen-bond donors (Lipinski definition) is 1. The van der Waals surface area contributed by atoms with Gasteiger partial charge in [0.1, 0.15) is 22.7 Å². The van der Waals surface area contributed by atoms with Gasteiger partial charge in [-0.05, 0) is 18.6 Å². The largest absolute Gasteiger partial charge is 0.456 e. The van der Waals surface area contributed by atoms with Crippen molar-refractivity contribution in [2.75, 3.05) is 0 Å². The van der Waals surface area contributed by atoms with Crippen molar-refractivity contribution in [1.82, 2.24) is 5.32 Å². The molecule has 0 bridgehead atoms. The van der Waals surface area contributed by atoms with Crippen LogP contribution in [0.25, 0.3) is 22.9 Å². The second kappa shape index (κ2) is 7.66. The second-order valence-electron chi connectivity index (χ2n) is 7.66. The predicted octanol–water partition coefficient (Wildman–Crippen LogP) is 4.45. The first-order chi connectivity index (χ1) is 15.8. The number of furan rings is 1. The zero-order chi connectivity index (χ0) is 21.5. The summed E-state index contributed by atoms with van der Waals surface area (Å²) in [6, 6.07) is 26.2. The number of amidine groups is 2. The van der Waals surface area contributed by atoms with E-state index in [0.717, 1.165) is 56.4 Å². The van der Waals surface area contributed by atoms with Gasteiger partial charge < -0.3 is 9.73 Å². The summed E-state index contributed by atoms with van der Waals surface area (Å²) in [6.07, 6.45) is 4.60. The van der Waals surface area contributed by atoms with E-state index in [4.69, 9.17) is 26.0 Å². The van der Waals surface area contributed by atoms with Crippen LogP contribution in [0.1, 0.15) is 16.7 Å². The molecule has 32 heavy (non-hydrogen) atoms. The van der Waals surface area contributed by atoms with Crippen LogP contribution in [-0.4, -0.2) is 11.7 Å². The molecular formula is C27H18ClN3O. The number of allylic oxidation sites excluding steroid dienone is 2. The molecule has 0 saturated heterocycles. The number of halogens is 1. The minimum Gasteiger partial charge on any atom is -0.456 e. The average molecular weight is 436 g/mol. The first kappa shape index (κ1) is 18.8. The second-order valence-corrected chi connectivity index (χ2v) is 8.10. The van der Waals surface area contributed by atoms with Crippen LogP contribution in [0, 0.1) is 0 Å². The van der Waals surface area contributed by atoms with Crippen LogP contribution in [0.15, 0.2) is 104 Å². The summed E-state index contributed by atoms with van der Waals surface area (Å²) in [7, 11) is 0. The van der Waals surface area contributed by atoms with Crippen molar-refractivity contribution in [3.63, 3.8) is 0 Å². The topological polar surface area (TPSA) is 49.9 Å². The highest BCUT2D eigenvalue weighted by Crippen LogP contribution is 2.21. The van der Waals surface area contributed by atoms with Crippen LogP contribution in [0.2, 0.25) is 0 Å². The molecule has 0 radical (unpaired) electrons. The number of aliphatic imine (C=N–C) groups is 2. The Morgan fingerprint density at radius 2 is 1.56 bits per heavy atom. The molecule has 1 aliphatic heterocycles. The number of nitrogens with one attached hydrogen (secondary N) is 1. The molecule has 0 unspecified atom stereocenters. The van der Waals surface area contributed by atoms with E-state index in [1.54, 1.807) is 0 Å². The van der Waals surface area contributed by atoms with E-state index >= 15 is 0 Å². The molecule has 1 N–H and O–H groups in total. The van der Waals surface area contributed by atoms with Crippen molar-refractivity contribution < 1.29 is 4.42 Å². The molecular weight excluding hydrogens is 418 g/mol. The highest BCUT2D eigenvalue weighted by molar-refractivity contribution is 6.34. The molecule has 1 aromatic heterocycles. The van der Waals surface area contributed by atoms with Gasteiger partial charge in [0.15, 0.2) is 5.84 Å². The zero-order valence-electron chi connectivity index (χ0n) is 17.0. The van der Waals surface area contributed by atoms with E-state index < -0.39 is 0 Å². The van der Waals surface area contributed by atoms with Crippen LogP contribution in [0.4, 0.5) is 0 Å². The SMILES string of the molecule is ClC1=CCc2c(oc3cccc(=C4N=C(c5ccccc5)N=C(c5ccccc5)N4)c23)=C1. The molecule has 5 heteroatoms. The highest BCUT2D eigenvalue weighted by Gasteiger charge is 2.19. The Hall–Kier alpha value is -3.89. The quantitative estimate of drug-likeness (QED) is 0.505. The third-order valence-corrected chi connectivity index (χ3v) is 5.89. The zero-order valence-corrected chi connectivity index (χ0v) is 17.8. The van der Waals surface area contributed by atoms with Gasteiger partial charge in [-0.1, -0.05) is 90.5 Å². The minimum atomic E-state index is 0.669. The fourth-order valence-electron chi connectivity index (χ4n) is 4.11. The standard InChI is InChI=1S/C27H18ClN3O/c28-19-14-15-20-23(16-19)32-22-13-7-12-21(24(20)22)27-30-25(17-8-3-1-4-9-17)29-26(31-27)18-10-5-2-6-11-18/h1-14,16H,15H2,(H,29,30,31). The monoisotopic (exact) mass is 435 g/mol. The lowest BCUT2D eigenvalue weighted by Gasteiger charge is -2.17. The van der Waals surface area contributed by atoms with Gasteiger partial charge in [-0.3, -0.25) is 0 Å². The Bertz CT molecular complexity index is 1560. The molecule has 6 rings (SSSR count). The summed E-state index contributed by atoms with van der Waals surface area (Å²) >= 11 is 6.22. The maximum Gasteiger partial charge on any atom is 0.163 e. The number of benzene rings is 3. The fourth-order valence-corrected chi connectivity index (χ4v) is 4.29. The van der Waals surface area contributed by atoms with E-state index in [9.17, 15) is 0 Å². The molecule has 2 heterocycles. The van der Waals surface area contributed by atoms with Crippen molar-refractivity contribution in [1.29, 1.82) is 0 Å². The molecule has 0 atom stereocenters. The molecule has 0 amide bonds. The van der Waals surface area contributed by atoms with Gasteiger partial charge in [-0.15, -0.1) is 0 Å². The van der Waals surface area contributed by atoms with Crippen LogP contribution >= 0.6 is 11.6 Å². The van der Waals surface area contributed by atoms with Crippen molar-refractivity contribution in [3.05, 3.63) is 117 Å². The van der Waals surface area contributed by atoms with Gasteiger partial charge in [0.2, 0.25) is 0 Å². The van der Waals surface area contributed by atoms with Crippen molar-refractivity contribution in [2.45, 2.75) is 6.42 Å². The fraction of sp³-hybridized carbons (Fsp3) is 0.0370. The Kier molecular flexibility index (Phi) is 4.51. The molecule has 154 valence electrons. The Labute approximate surface area is 189 Å². The van der Waals surface area contributed by atoms with Crippen molar-refractivity contribution in [3.8, 4) is 0 Å². The van der Waals surface area contributed by atoms with Crippen LogP contribution < -0.4 is 16.0 Å². The molecule has 4 aromatic rings. The van der Waals surface area contributed by atoms with Crippen LogP contribution in [0.3, 0.4) is 0 Å². The van der Waals surface area contributed by atoms with Crippen LogP contribution in [0.5, 0.6) is 0 Å². The summed E-state index contributed by atoms with van der Waals surface area (Å²) in [5, 5.41) is 6.19. The lowest BCUT2D eigenvalue weighted by atomic mass is 10.0. The van der Waals surface area contributed by atoms with Gasteiger partial charge in [-0.2, -0.15) is 0 Å². The molecule has 0 saturated carbocycles. The van der Waals surface area contributed by atoms with E-state index in [-0.39, 0.29) is 0 Å². The lowest BCUT2D eigenvalue weighted by Crippen LogP contribution is -2.32. The predicted molar refractivity (Wildman–Crippen MR) is 130 cm³/mol. The van der Waals surface area contributed by atoms with E-state index in [1.807, 2.05) is 84.9 Å². The van der Waals surface area contributed by atoms with E-state index in [2.05, 4.69) is 11.4 Å². The third-order valence-electron chi connectivity index (χ3n) is 5.62. The number of nitrogens with zero attached hydrogens (tertiary/aromatic N) is 2. The number of hydrogen-bond acceptors (Lipinski definition) is 4. The van der Waals surface area contributed by atoms with E-state index in [0.29, 0.717) is 10.9 Å². The normalized spacial score (nSPS) is 17.0. The van der Waals surface area contributed by atoms with Gasteiger partial charge >= 0.3 is 0 Å². The van der Waals surface area contributed by atoms with Gasteiger partial charge in [0, 0.05) is 32.3 Å². The molecule has 0 spiro atoms. The summed E-state index contributed by atoms with van der Waals surface area (Å²) in [6.45, 7) is 0. The van der Waals surface area contributed by atoms with E-state index in [1.165, 1.54) is 0 Å². The maximum absolute atomic E-state index is 6.22. The van der Waals surface area contributed by atoms with Gasteiger partial charge in [0.05, 0.1) is 0 Å². The average Bonchev–Trinajstić information content (AvgIpc) is 3.22. The Balaban J connectivity index is 1.63. The summed E-state index contributed by atoms with van der Waals surface area (Å²) in [5.41, 5.74) is 4.70. The third kappa shape index (κ3) is 3.26. The lowest BCUT2D eigenvalue weighted by molar-refractivity contribution is 0.573. The number of rotatable bonds is 2. The Morgan fingerprint density at radius 1 is 0.812 bits per heavy atom. The first-order valence-electron chi connectivity index (χ1n) is 10.4. The smallest absolute Gasteiger partial charge is 0.163 e. The van der Waals surface area contributed by atoms with Crippen molar-refractivity contribution >= 4 is 46.1 Å². The molecule has 1 aliphatic carbocycles. The summed E-state index contributed by atoms with van der Waals surface area (Å²) in [4.78, 5) is 9.77. The van der Waals surface area contributed by atoms with Gasteiger partial charge in [0.25, 0.3) is 0 Å². The maximum atomic E-state index is 6.22.